The Morgan fingerprint density at radius 1 is 1.19 bits per heavy atom. The Morgan fingerprint density at radius 3 is 2.38 bits per heavy atom. The second kappa shape index (κ2) is 5.68. The predicted octanol–water partition coefficient (Wildman–Crippen LogP) is 3.48. The van der Waals surface area contributed by atoms with E-state index >= 15 is 0 Å². The van der Waals surface area contributed by atoms with Crippen LogP contribution in [0.5, 0.6) is 0 Å². The number of nitrogens with one attached hydrogen (secondary N) is 1. The molecule has 1 fully saturated rings. The van der Waals surface area contributed by atoms with Crippen molar-refractivity contribution in [2.75, 3.05) is 0 Å². The van der Waals surface area contributed by atoms with Gasteiger partial charge in [0, 0.05) is 6.04 Å². The molecule has 0 aromatic rings. The predicted molar refractivity (Wildman–Crippen MR) is 68.0 cm³/mol. The quantitative estimate of drug-likeness (QED) is 0.742. The molecule has 2 atom stereocenters. The standard InChI is InChI=1S/C14H26N2/c1-11(2)13-6-5-8-14(10-15,9-7-13)16-12(3)4/h11-13,16H,5-9H2,1-4H3. The highest BCUT2D eigenvalue weighted by Gasteiger charge is 2.34. The molecule has 1 saturated carbocycles. The van der Waals surface area contributed by atoms with Crippen molar-refractivity contribution >= 4 is 0 Å². The summed E-state index contributed by atoms with van der Waals surface area (Å²) in [4.78, 5) is 0. The summed E-state index contributed by atoms with van der Waals surface area (Å²) in [5.74, 6) is 1.57. The van der Waals surface area contributed by atoms with Gasteiger partial charge >= 0.3 is 0 Å². The summed E-state index contributed by atoms with van der Waals surface area (Å²) in [5.41, 5.74) is -0.252. The molecule has 0 saturated heterocycles. The average Bonchev–Trinajstić information content (AvgIpc) is 2.40. The molecule has 0 aromatic heterocycles. The van der Waals surface area contributed by atoms with Crippen LogP contribution in [0.3, 0.4) is 0 Å². The summed E-state index contributed by atoms with van der Waals surface area (Å²) in [5, 5.41) is 12.9. The number of rotatable bonds is 3. The van der Waals surface area contributed by atoms with Crippen LogP contribution in [0.2, 0.25) is 0 Å². The molecule has 0 aliphatic heterocycles. The first-order chi connectivity index (χ1) is 7.49. The summed E-state index contributed by atoms with van der Waals surface area (Å²) in [7, 11) is 0. The van der Waals surface area contributed by atoms with Crippen LogP contribution >= 0.6 is 0 Å². The minimum Gasteiger partial charge on any atom is -0.297 e. The molecule has 0 aromatic carbocycles. The van der Waals surface area contributed by atoms with E-state index in [9.17, 15) is 5.26 Å². The van der Waals surface area contributed by atoms with E-state index in [1.165, 1.54) is 19.3 Å². The van der Waals surface area contributed by atoms with E-state index in [4.69, 9.17) is 0 Å². The van der Waals surface area contributed by atoms with Gasteiger partial charge in [-0.05, 0) is 44.9 Å². The first-order valence-corrected chi connectivity index (χ1v) is 6.68. The van der Waals surface area contributed by atoms with Crippen molar-refractivity contribution in [3.8, 4) is 6.07 Å². The van der Waals surface area contributed by atoms with Gasteiger partial charge < -0.3 is 0 Å². The van der Waals surface area contributed by atoms with Crippen molar-refractivity contribution in [3.05, 3.63) is 0 Å². The van der Waals surface area contributed by atoms with Gasteiger partial charge in [-0.3, -0.25) is 5.32 Å². The summed E-state index contributed by atoms with van der Waals surface area (Å²) in [6, 6.07) is 2.94. The van der Waals surface area contributed by atoms with E-state index in [1.54, 1.807) is 0 Å². The zero-order valence-electron chi connectivity index (χ0n) is 11.2. The molecule has 0 radical (unpaired) electrons. The molecule has 0 amide bonds. The van der Waals surface area contributed by atoms with Gasteiger partial charge in [0.25, 0.3) is 0 Å². The van der Waals surface area contributed by atoms with Crippen LogP contribution in [-0.4, -0.2) is 11.6 Å². The Balaban J connectivity index is 2.65. The van der Waals surface area contributed by atoms with Gasteiger partial charge in [-0.2, -0.15) is 5.26 Å². The summed E-state index contributed by atoms with van der Waals surface area (Å²) < 4.78 is 0. The van der Waals surface area contributed by atoms with E-state index in [2.05, 4.69) is 39.1 Å². The first kappa shape index (κ1) is 13.5. The lowest BCUT2D eigenvalue weighted by Crippen LogP contribution is -2.47. The number of nitrogens with zero attached hydrogens (tertiary/aromatic N) is 1. The fourth-order valence-electron chi connectivity index (χ4n) is 2.87. The van der Waals surface area contributed by atoms with E-state index in [0.29, 0.717) is 6.04 Å². The van der Waals surface area contributed by atoms with E-state index in [0.717, 1.165) is 24.7 Å². The van der Waals surface area contributed by atoms with Crippen LogP contribution in [-0.2, 0) is 0 Å². The maximum Gasteiger partial charge on any atom is 0.106 e. The molecule has 1 N–H and O–H groups in total. The van der Waals surface area contributed by atoms with E-state index in [-0.39, 0.29) is 5.54 Å². The molecule has 1 aliphatic carbocycles. The van der Waals surface area contributed by atoms with Crippen molar-refractivity contribution in [1.29, 1.82) is 5.26 Å². The molecule has 2 heteroatoms. The molecule has 0 heterocycles. The van der Waals surface area contributed by atoms with Crippen LogP contribution in [0, 0.1) is 23.2 Å². The molecular formula is C14H26N2. The van der Waals surface area contributed by atoms with Gasteiger partial charge in [0.1, 0.15) is 5.54 Å². The third-order valence-electron chi connectivity index (χ3n) is 3.84. The number of hydrogen-bond acceptors (Lipinski definition) is 2. The van der Waals surface area contributed by atoms with E-state index < -0.39 is 0 Å². The minimum atomic E-state index is -0.252. The SMILES string of the molecule is CC(C)NC1(C#N)CCCC(C(C)C)CC1. The smallest absolute Gasteiger partial charge is 0.106 e. The maximum absolute atomic E-state index is 9.43. The lowest BCUT2D eigenvalue weighted by Gasteiger charge is -2.29. The largest absolute Gasteiger partial charge is 0.297 e. The molecule has 92 valence electrons. The third kappa shape index (κ3) is 3.49. The Morgan fingerprint density at radius 2 is 1.88 bits per heavy atom. The van der Waals surface area contributed by atoms with Crippen LogP contribution in [0.1, 0.15) is 59.8 Å². The van der Waals surface area contributed by atoms with Gasteiger partial charge in [-0.1, -0.05) is 26.7 Å². The Kier molecular flexibility index (Phi) is 4.80. The molecule has 2 nitrogen and oxygen atoms in total. The molecule has 0 spiro atoms. The molecule has 0 bridgehead atoms. The van der Waals surface area contributed by atoms with Crippen LogP contribution < -0.4 is 5.32 Å². The Bertz CT molecular complexity index is 252. The van der Waals surface area contributed by atoms with Gasteiger partial charge in [0.2, 0.25) is 0 Å². The zero-order chi connectivity index (χ0) is 12.2. The first-order valence-electron chi connectivity index (χ1n) is 6.68. The second-order valence-corrected chi connectivity index (χ2v) is 5.93. The minimum absolute atomic E-state index is 0.252. The van der Waals surface area contributed by atoms with Crippen LogP contribution in [0.25, 0.3) is 0 Å². The van der Waals surface area contributed by atoms with Crippen LogP contribution in [0.4, 0.5) is 0 Å². The summed E-state index contributed by atoms with van der Waals surface area (Å²) in [6.07, 6.45) is 5.72. The molecule has 2 unspecified atom stereocenters. The molecule has 1 aliphatic rings. The van der Waals surface area contributed by atoms with Gasteiger partial charge in [-0.15, -0.1) is 0 Å². The lowest BCUT2D eigenvalue weighted by atomic mass is 9.87. The summed E-state index contributed by atoms with van der Waals surface area (Å²) in [6.45, 7) is 8.87. The fourth-order valence-corrected chi connectivity index (χ4v) is 2.87. The fraction of sp³-hybridized carbons (Fsp3) is 0.929. The van der Waals surface area contributed by atoms with Crippen molar-refractivity contribution in [1.82, 2.24) is 5.32 Å². The highest BCUT2D eigenvalue weighted by molar-refractivity contribution is 5.08. The average molecular weight is 222 g/mol. The Hall–Kier alpha value is -0.550. The van der Waals surface area contributed by atoms with Crippen LogP contribution in [0.15, 0.2) is 0 Å². The highest BCUT2D eigenvalue weighted by Crippen LogP contribution is 2.33. The van der Waals surface area contributed by atoms with Crippen molar-refractivity contribution in [2.45, 2.75) is 71.4 Å². The van der Waals surface area contributed by atoms with E-state index in [1.807, 2.05) is 0 Å². The molecule has 1 rings (SSSR count). The Labute approximate surface area is 100 Å². The van der Waals surface area contributed by atoms with Crippen molar-refractivity contribution in [3.63, 3.8) is 0 Å². The highest BCUT2D eigenvalue weighted by atomic mass is 15.0. The molecule has 16 heavy (non-hydrogen) atoms. The number of hydrogen-bond donors (Lipinski definition) is 1. The van der Waals surface area contributed by atoms with Crippen molar-refractivity contribution in [2.24, 2.45) is 11.8 Å². The third-order valence-corrected chi connectivity index (χ3v) is 3.84. The zero-order valence-corrected chi connectivity index (χ0v) is 11.2. The van der Waals surface area contributed by atoms with Gasteiger partial charge in [0.05, 0.1) is 6.07 Å². The normalized spacial score (nSPS) is 31.4. The van der Waals surface area contributed by atoms with Gasteiger partial charge in [-0.25, -0.2) is 0 Å². The van der Waals surface area contributed by atoms with Crippen molar-refractivity contribution < 1.29 is 0 Å². The monoisotopic (exact) mass is 222 g/mol. The maximum atomic E-state index is 9.43. The number of nitriles is 1. The second-order valence-electron chi connectivity index (χ2n) is 5.93. The topological polar surface area (TPSA) is 35.8 Å². The lowest BCUT2D eigenvalue weighted by molar-refractivity contribution is 0.311. The van der Waals surface area contributed by atoms with Gasteiger partial charge in [0.15, 0.2) is 0 Å². The summed E-state index contributed by atoms with van der Waals surface area (Å²) >= 11 is 0. The molecular weight excluding hydrogens is 196 g/mol.